The third-order valence-electron chi connectivity index (χ3n) is 4.59. The van der Waals surface area contributed by atoms with Crippen LogP contribution in [0.2, 0.25) is 5.02 Å². The molecule has 0 radical (unpaired) electrons. The number of nitrogens with zero attached hydrogens (tertiary/aromatic N) is 4. The Hall–Kier alpha value is -2.29. The summed E-state index contributed by atoms with van der Waals surface area (Å²) >= 11 is 6.26. The van der Waals surface area contributed by atoms with Crippen molar-refractivity contribution in [2.24, 2.45) is 0 Å². The van der Waals surface area contributed by atoms with E-state index in [1.165, 1.54) is 7.11 Å². The normalized spacial score (nSPS) is 16.5. The quantitative estimate of drug-likeness (QED) is 0.667. The van der Waals surface area contributed by atoms with Crippen molar-refractivity contribution in [1.82, 2.24) is 25.2 Å². The topological polar surface area (TPSA) is 87.2 Å². The first-order chi connectivity index (χ1) is 13.2. The number of halogens is 2. The Bertz CT molecular complexity index is 937. The number of rotatable bonds is 5. The highest BCUT2D eigenvalue weighted by atomic mass is 35.5. The van der Waals surface area contributed by atoms with Crippen LogP contribution in [0.5, 0.6) is 11.5 Å². The minimum atomic E-state index is 0. The lowest BCUT2D eigenvalue weighted by Crippen LogP contribution is -2.31. The summed E-state index contributed by atoms with van der Waals surface area (Å²) in [6.07, 6.45) is 4.20. The van der Waals surface area contributed by atoms with Crippen LogP contribution in [0.3, 0.4) is 0 Å². The monoisotopic (exact) mass is 425 g/mol. The molecule has 10 heteroatoms. The van der Waals surface area contributed by atoms with Gasteiger partial charge in [-0.05, 0) is 37.6 Å². The fourth-order valence-electron chi connectivity index (χ4n) is 3.21. The minimum Gasteiger partial charge on any atom is -0.493 e. The Morgan fingerprint density at radius 2 is 2.14 bits per heavy atom. The molecule has 0 spiro atoms. The molecule has 2 aromatic heterocycles. The summed E-state index contributed by atoms with van der Waals surface area (Å²) < 4.78 is 17.9. The van der Waals surface area contributed by atoms with E-state index in [1.54, 1.807) is 19.2 Å². The Morgan fingerprint density at radius 3 is 2.86 bits per heavy atom. The maximum Gasteiger partial charge on any atom is 0.278 e. The molecule has 1 aliphatic rings. The van der Waals surface area contributed by atoms with Crippen LogP contribution < -0.4 is 14.8 Å². The third kappa shape index (κ3) is 3.94. The minimum absolute atomic E-state index is 0. The molecule has 0 aliphatic carbocycles. The van der Waals surface area contributed by atoms with E-state index in [0.717, 1.165) is 25.9 Å². The molecule has 1 fully saturated rings. The van der Waals surface area contributed by atoms with Crippen LogP contribution in [-0.2, 0) is 0 Å². The van der Waals surface area contributed by atoms with Crippen LogP contribution in [0.1, 0.15) is 18.9 Å². The van der Waals surface area contributed by atoms with E-state index < -0.39 is 0 Å². The highest BCUT2D eigenvalue weighted by Gasteiger charge is 2.20. The average Bonchev–Trinajstić information content (AvgIpc) is 3.37. The third-order valence-corrected chi connectivity index (χ3v) is 4.87. The van der Waals surface area contributed by atoms with E-state index in [2.05, 4.69) is 20.6 Å². The highest BCUT2D eigenvalue weighted by Crippen LogP contribution is 2.38. The van der Waals surface area contributed by atoms with Crippen molar-refractivity contribution < 1.29 is 14.0 Å². The van der Waals surface area contributed by atoms with Crippen LogP contribution in [0.4, 0.5) is 0 Å². The second-order valence-corrected chi connectivity index (χ2v) is 6.71. The first kappa shape index (κ1) is 20.4. The molecular weight excluding hydrogens is 405 g/mol. The maximum atomic E-state index is 6.26. The Balaban J connectivity index is 0.00000225. The number of aromatic nitrogens is 4. The van der Waals surface area contributed by atoms with Crippen LogP contribution in [0.25, 0.3) is 23.0 Å². The predicted molar refractivity (Wildman–Crippen MR) is 107 cm³/mol. The van der Waals surface area contributed by atoms with Gasteiger partial charge in [-0.2, -0.15) is 10.1 Å². The van der Waals surface area contributed by atoms with E-state index in [4.69, 9.17) is 25.6 Å². The van der Waals surface area contributed by atoms with E-state index in [9.17, 15) is 0 Å². The second-order valence-electron chi connectivity index (χ2n) is 6.30. The van der Waals surface area contributed by atoms with Crippen LogP contribution in [0, 0.1) is 0 Å². The van der Waals surface area contributed by atoms with Gasteiger partial charge in [0.1, 0.15) is 0 Å². The molecule has 0 saturated carbocycles. The van der Waals surface area contributed by atoms with E-state index in [0.29, 0.717) is 45.5 Å². The van der Waals surface area contributed by atoms with Gasteiger partial charge in [0.15, 0.2) is 17.2 Å². The number of hydrogen-bond acceptors (Lipinski definition) is 7. The molecule has 3 heterocycles. The fourth-order valence-corrected chi connectivity index (χ4v) is 3.49. The van der Waals surface area contributed by atoms with Crippen molar-refractivity contribution >= 4 is 24.0 Å². The standard InChI is InChI=1S/C18H20ClN5O3.ClH/c1-25-15-9-11(8-13(19)16(15)26-2)17-21-18(27-23-17)14-5-7-24(22-14)12-4-3-6-20-10-12;/h5,7-9,12,20H,3-4,6,10H2,1-2H3;1H. The lowest BCUT2D eigenvalue weighted by atomic mass is 10.1. The highest BCUT2D eigenvalue weighted by molar-refractivity contribution is 6.32. The lowest BCUT2D eigenvalue weighted by Gasteiger charge is -2.22. The summed E-state index contributed by atoms with van der Waals surface area (Å²) in [6, 6.07) is 5.70. The van der Waals surface area contributed by atoms with Gasteiger partial charge < -0.3 is 19.3 Å². The zero-order valence-electron chi connectivity index (χ0n) is 15.5. The molecule has 1 aromatic carbocycles. The molecule has 4 rings (SSSR count). The van der Waals surface area contributed by atoms with Crippen molar-refractivity contribution in [2.45, 2.75) is 18.9 Å². The van der Waals surface area contributed by atoms with Crippen LogP contribution in [-0.4, -0.2) is 47.2 Å². The van der Waals surface area contributed by atoms with Gasteiger partial charge in [0.25, 0.3) is 5.89 Å². The van der Waals surface area contributed by atoms with E-state index >= 15 is 0 Å². The number of ether oxygens (including phenoxy) is 2. The molecule has 1 N–H and O–H groups in total. The van der Waals surface area contributed by atoms with Crippen molar-refractivity contribution in [1.29, 1.82) is 0 Å². The van der Waals surface area contributed by atoms with Crippen LogP contribution >= 0.6 is 24.0 Å². The Labute approximate surface area is 173 Å². The first-order valence-corrected chi connectivity index (χ1v) is 9.09. The van der Waals surface area contributed by atoms with Gasteiger partial charge in [-0.3, -0.25) is 4.68 Å². The molecule has 0 bridgehead atoms. The number of benzene rings is 1. The van der Waals surface area contributed by atoms with Crippen molar-refractivity contribution in [3.8, 4) is 34.5 Å². The molecule has 1 atom stereocenters. The molecule has 1 unspecified atom stereocenters. The predicted octanol–water partition coefficient (Wildman–Crippen LogP) is 3.62. The largest absolute Gasteiger partial charge is 0.493 e. The van der Waals surface area contributed by atoms with Gasteiger partial charge in [0, 0.05) is 18.3 Å². The van der Waals surface area contributed by atoms with E-state index in [-0.39, 0.29) is 12.4 Å². The molecule has 0 amide bonds. The summed E-state index contributed by atoms with van der Waals surface area (Å²) in [6.45, 7) is 1.98. The van der Waals surface area contributed by atoms with Gasteiger partial charge in [0.2, 0.25) is 5.82 Å². The average molecular weight is 426 g/mol. The molecular formula is C18H21Cl2N5O3. The van der Waals surface area contributed by atoms with Gasteiger partial charge in [-0.15, -0.1) is 12.4 Å². The Kier molecular flexibility index (Phi) is 6.43. The summed E-state index contributed by atoms with van der Waals surface area (Å²) in [5.74, 6) is 1.73. The molecule has 1 saturated heterocycles. The van der Waals surface area contributed by atoms with Gasteiger partial charge in [-0.25, -0.2) is 0 Å². The van der Waals surface area contributed by atoms with Gasteiger partial charge >= 0.3 is 0 Å². The zero-order valence-corrected chi connectivity index (χ0v) is 17.1. The maximum absolute atomic E-state index is 6.26. The number of piperidine rings is 1. The SMILES string of the molecule is COc1cc(-c2noc(-c3ccn(C4CCCNC4)n3)n2)cc(Cl)c1OC.Cl. The lowest BCUT2D eigenvalue weighted by molar-refractivity contribution is 0.346. The molecule has 8 nitrogen and oxygen atoms in total. The fraction of sp³-hybridized carbons (Fsp3) is 0.389. The summed E-state index contributed by atoms with van der Waals surface area (Å²) in [5, 5.41) is 12.4. The summed E-state index contributed by atoms with van der Waals surface area (Å²) in [7, 11) is 3.08. The molecule has 28 heavy (non-hydrogen) atoms. The molecule has 150 valence electrons. The van der Waals surface area contributed by atoms with Gasteiger partial charge in [0.05, 0.1) is 25.3 Å². The van der Waals surface area contributed by atoms with Crippen molar-refractivity contribution in [3.63, 3.8) is 0 Å². The number of methoxy groups -OCH3 is 2. The second kappa shape index (κ2) is 8.81. The van der Waals surface area contributed by atoms with Crippen LogP contribution in [0.15, 0.2) is 28.9 Å². The van der Waals surface area contributed by atoms with E-state index in [1.807, 2.05) is 16.9 Å². The molecule has 1 aliphatic heterocycles. The number of hydrogen-bond donors (Lipinski definition) is 1. The summed E-state index contributed by atoms with van der Waals surface area (Å²) in [5.41, 5.74) is 1.31. The van der Waals surface area contributed by atoms with Gasteiger partial charge in [-0.1, -0.05) is 16.8 Å². The van der Waals surface area contributed by atoms with Crippen molar-refractivity contribution in [2.75, 3.05) is 27.3 Å². The zero-order chi connectivity index (χ0) is 18.8. The summed E-state index contributed by atoms with van der Waals surface area (Å²) in [4.78, 5) is 4.46. The number of nitrogens with one attached hydrogen (secondary N) is 1. The Morgan fingerprint density at radius 1 is 1.29 bits per heavy atom. The first-order valence-electron chi connectivity index (χ1n) is 8.71. The smallest absolute Gasteiger partial charge is 0.278 e. The van der Waals surface area contributed by atoms with Crippen molar-refractivity contribution in [3.05, 3.63) is 29.4 Å². The molecule has 3 aromatic rings.